The van der Waals surface area contributed by atoms with Gasteiger partial charge in [0.05, 0.1) is 18.6 Å². The van der Waals surface area contributed by atoms with Crippen LogP contribution in [0, 0.1) is 0 Å². The molecule has 0 aliphatic carbocycles. The minimum absolute atomic E-state index is 0.0755. The molecule has 0 bridgehead atoms. The lowest BCUT2D eigenvalue weighted by atomic mass is 10.1. The fourth-order valence-corrected chi connectivity index (χ4v) is 4.49. The number of anilines is 1. The first kappa shape index (κ1) is 22.7. The molecule has 158 valence electrons. The number of methoxy groups -OCH3 is 1. The van der Waals surface area contributed by atoms with E-state index >= 15 is 0 Å². The van der Waals surface area contributed by atoms with E-state index in [0.29, 0.717) is 0 Å². The van der Waals surface area contributed by atoms with Crippen LogP contribution in [0.15, 0.2) is 53.4 Å². The van der Waals surface area contributed by atoms with Crippen LogP contribution in [0.3, 0.4) is 0 Å². The molecule has 0 fully saturated rings. The van der Waals surface area contributed by atoms with Gasteiger partial charge in [0, 0.05) is 6.07 Å². The van der Waals surface area contributed by atoms with Crippen molar-refractivity contribution in [2.75, 3.05) is 17.6 Å². The second-order valence-corrected chi connectivity index (χ2v) is 9.83. The molecule has 0 aliphatic rings. The molecular weight excluding hydrogens is 418 g/mol. The van der Waals surface area contributed by atoms with E-state index in [1.807, 2.05) is 0 Å². The molecule has 1 atom stereocenters. The normalized spacial score (nSPS) is 12.9. The summed E-state index contributed by atoms with van der Waals surface area (Å²) in [4.78, 5) is 11.5. The Hall–Kier alpha value is -2.63. The van der Waals surface area contributed by atoms with Crippen LogP contribution in [0.4, 0.5) is 5.69 Å². The second-order valence-electron chi connectivity index (χ2n) is 6.14. The largest absolute Gasteiger partial charge is 0.495 e. The van der Waals surface area contributed by atoms with Crippen LogP contribution in [-0.2, 0) is 31.3 Å². The molecule has 0 aromatic heterocycles. The predicted octanol–water partition coefficient (Wildman–Crippen LogP) is 0.832. The summed E-state index contributed by atoms with van der Waals surface area (Å²) in [5.74, 6) is -1.06. The summed E-state index contributed by atoms with van der Waals surface area (Å²) >= 11 is 0. The molecule has 2 aromatic rings. The highest BCUT2D eigenvalue weighted by Crippen LogP contribution is 2.28. The highest BCUT2D eigenvalue weighted by molar-refractivity contribution is 7.92. The van der Waals surface area contributed by atoms with Crippen molar-refractivity contribution >= 4 is 31.6 Å². The monoisotopic (exact) mass is 441 g/mol. The first-order chi connectivity index (χ1) is 13.6. The standard InChI is InChI=1S/C18H23N3O6S2/c1-3-28(23,24)20-14-9-10-17(16(12-14)27-2)29(25,26)21-15(18(19)22)11-13-7-5-4-6-8-13/h4-10,12,15,20-21H,3,11H2,1-2H3,(H2,19,22)/t15-/m1/s1. The SMILES string of the molecule is CCS(=O)(=O)Nc1ccc(S(=O)(=O)N[C@H](Cc2ccccc2)C(N)=O)c(OC)c1. The lowest BCUT2D eigenvalue weighted by Gasteiger charge is -2.18. The molecule has 0 heterocycles. The van der Waals surface area contributed by atoms with Crippen LogP contribution >= 0.6 is 0 Å². The van der Waals surface area contributed by atoms with E-state index in [9.17, 15) is 21.6 Å². The molecule has 2 rings (SSSR count). The Kier molecular flexibility index (Phi) is 7.22. The second kappa shape index (κ2) is 9.25. The zero-order valence-electron chi connectivity index (χ0n) is 16.0. The maximum absolute atomic E-state index is 12.8. The summed E-state index contributed by atoms with van der Waals surface area (Å²) < 4.78 is 58.8. The highest BCUT2D eigenvalue weighted by Gasteiger charge is 2.27. The Morgan fingerprint density at radius 1 is 1.10 bits per heavy atom. The Balaban J connectivity index is 2.32. The van der Waals surface area contributed by atoms with Crippen molar-refractivity contribution in [3.63, 3.8) is 0 Å². The van der Waals surface area contributed by atoms with Gasteiger partial charge in [-0.05, 0) is 31.0 Å². The van der Waals surface area contributed by atoms with Crippen molar-refractivity contribution in [2.24, 2.45) is 5.73 Å². The smallest absolute Gasteiger partial charge is 0.244 e. The number of amides is 1. The third-order valence-electron chi connectivity index (χ3n) is 4.03. The van der Waals surface area contributed by atoms with E-state index < -0.39 is 32.0 Å². The lowest BCUT2D eigenvalue weighted by Crippen LogP contribution is -2.45. The maximum atomic E-state index is 12.8. The van der Waals surface area contributed by atoms with E-state index in [1.165, 1.54) is 32.2 Å². The molecular formula is C18H23N3O6S2. The van der Waals surface area contributed by atoms with Crippen molar-refractivity contribution in [1.82, 2.24) is 4.72 Å². The van der Waals surface area contributed by atoms with Gasteiger partial charge in [-0.3, -0.25) is 9.52 Å². The van der Waals surface area contributed by atoms with Gasteiger partial charge in [-0.2, -0.15) is 4.72 Å². The van der Waals surface area contributed by atoms with Crippen molar-refractivity contribution in [3.05, 3.63) is 54.1 Å². The van der Waals surface area contributed by atoms with E-state index in [4.69, 9.17) is 10.5 Å². The molecule has 29 heavy (non-hydrogen) atoms. The number of sulfonamides is 2. The van der Waals surface area contributed by atoms with Gasteiger partial charge >= 0.3 is 0 Å². The van der Waals surface area contributed by atoms with E-state index in [0.717, 1.165) is 5.56 Å². The number of nitrogens with one attached hydrogen (secondary N) is 2. The zero-order chi connectivity index (χ0) is 21.7. The average molecular weight is 442 g/mol. The first-order valence-corrected chi connectivity index (χ1v) is 11.8. The average Bonchev–Trinajstić information content (AvgIpc) is 2.67. The number of hydrogen-bond donors (Lipinski definition) is 3. The number of carbonyl (C=O) groups excluding carboxylic acids is 1. The van der Waals surface area contributed by atoms with E-state index in [2.05, 4.69) is 9.44 Å². The number of ether oxygens (including phenoxy) is 1. The van der Waals surface area contributed by atoms with Crippen molar-refractivity contribution < 1.29 is 26.4 Å². The Morgan fingerprint density at radius 2 is 1.76 bits per heavy atom. The lowest BCUT2D eigenvalue weighted by molar-refractivity contribution is -0.119. The molecule has 2 aromatic carbocycles. The maximum Gasteiger partial charge on any atom is 0.244 e. The van der Waals surface area contributed by atoms with Gasteiger partial charge in [0.2, 0.25) is 26.0 Å². The van der Waals surface area contributed by atoms with Crippen LogP contribution in [-0.4, -0.2) is 41.6 Å². The third-order valence-corrected chi connectivity index (χ3v) is 6.85. The van der Waals surface area contributed by atoms with Crippen LogP contribution in [0.25, 0.3) is 0 Å². The van der Waals surface area contributed by atoms with Crippen molar-refractivity contribution in [3.8, 4) is 5.75 Å². The third kappa shape index (κ3) is 6.17. The summed E-state index contributed by atoms with van der Waals surface area (Å²) in [6.07, 6.45) is 0.0755. The predicted molar refractivity (Wildman–Crippen MR) is 110 cm³/mol. The Labute approximate surface area is 170 Å². The molecule has 0 saturated carbocycles. The molecule has 0 radical (unpaired) electrons. The van der Waals surface area contributed by atoms with Gasteiger partial charge in [0.25, 0.3) is 0 Å². The molecule has 0 aliphatic heterocycles. The van der Waals surface area contributed by atoms with Crippen molar-refractivity contribution in [2.45, 2.75) is 24.3 Å². The number of carbonyl (C=O) groups is 1. The number of primary amides is 1. The Bertz CT molecular complexity index is 1070. The topological polar surface area (TPSA) is 145 Å². The van der Waals surface area contributed by atoms with Gasteiger partial charge in [-0.25, -0.2) is 16.8 Å². The van der Waals surface area contributed by atoms with Gasteiger partial charge < -0.3 is 10.5 Å². The van der Waals surface area contributed by atoms with Crippen molar-refractivity contribution in [1.29, 1.82) is 0 Å². The molecule has 0 spiro atoms. The fourth-order valence-electron chi connectivity index (χ4n) is 2.51. The fraction of sp³-hybridized carbons (Fsp3) is 0.278. The van der Waals surface area contributed by atoms with E-state index in [-0.39, 0.29) is 28.5 Å². The highest BCUT2D eigenvalue weighted by atomic mass is 32.2. The summed E-state index contributed by atoms with van der Waals surface area (Å²) in [6.45, 7) is 1.47. The minimum Gasteiger partial charge on any atom is -0.495 e. The summed E-state index contributed by atoms with van der Waals surface area (Å²) in [7, 11) is -6.48. The minimum atomic E-state index is -4.19. The molecule has 4 N–H and O–H groups in total. The van der Waals surface area contributed by atoms with Crippen LogP contribution in [0.5, 0.6) is 5.75 Å². The number of benzene rings is 2. The number of hydrogen-bond acceptors (Lipinski definition) is 6. The van der Waals surface area contributed by atoms with Gasteiger partial charge in [-0.1, -0.05) is 30.3 Å². The van der Waals surface area contributed by atoms with Crippen LogP contribution in [0.2, 0.25) is 0 Å². The molecule has 0 saturated heterocycles. The van der Waals surface area contributed by atoms with E-state index in [1.54, 1.807) is 30.3 Å². The number of rotatable bonds is 10. The molecule has 0 unspecified atom stereocenters. The molecule has 1 amide bonds. The van der Waals surface area contributed by atoms with Crippen LogP contribution < -0.4 is 19.9 Å². The summed E-state index contributed by atoms with van der Waals surface area (Å²) in [5, 5.41) is 0. The molecule has 9 nitrogen and oxygen atoms in total. The van der Waals surface area contributed by atoms with Gasteiger partial charge in [-0.15, -0.1) is 0 Å². The Morgan fingerprint density at radius 3 is 2.31 bits per heavy atom. The first-order valence-electron chi connectivity index (χ1n) is 8.62. The summed E-state index contributed by atoms with van der Waals surface area (Å²) in [6, 6.07) is 11.4. The summed E-state index contributed by atoms with van der Waals surface area (Å²) in [5.41, 5.74) is 6.26. The number of nitrogens with two attached hydrogens (primary N) is 1. The zero-order valence-corrected chi connectivity index (χ0v) is 17.6. The van der Waals surface area contributed by atoms with Gasteiger partial charge in [0.1, 0.15) is 16.7 Å². The van der Waals surface area contributed by atoms with Gasteiger partial charge in [0.15, 0.2) is 0 Å². The molecule has 11 heteroatoms. The van der Waals surface area contributed by atoms with Crippen LogP contribution in [0.1, 0.15) is 12.5 Å². The quantitative estimate of drug-likeness (QED) is 0.498.